The van der Waals surface area contributed by atoms with E-state index in [1.54, 1.807) is 20.0 Å². The van der Waals surface area contributed by atoms with E-state index in [0.29, 0.717) is 24.7 Å². The van der Waals surface area contributed by atoms with Crippen LogP contribution in [0.15, 0.2) is 6.20 Å². The van der Waals surface area contributed by atoms with Gasteiger partial charge < -0.3 is 19.6 Å². The van der Waals surface area contributed by atoms with Crippen LogP contribution in [-0.2, 0) is 14.9 Å². The zero-order chi connectivity index (χ0) is 16.4. The van der Waals surface area contributed by atoms with Crippen molar-refractivity contribution < 1.29 is 14.6 Å². The fourth-order valence-corrected chi connectivity index (χ4v) is 3.01. The first-order valence-electron chi connectivity index (χ1n) is 8.18. The van der Waals surface area contributed by atoms with Gasteiger partial charge in [0, 0.05) is 37.9 Å². The predicted octanol–water partition coefficient (Wildman–Crippen LogP) is 1.28. The van der Waals surface area contributed by atoms with Crippen LogP contribution in [0.25, 0.3) is 0 Å². The number of hydrogen-bond acceptors (Lipinski definition) is 6. The number of carbonyl (C=O) groups is 1. The summed E-state index contributed by atoms with van der Waals surface area (Å²) in [5, 5.41) is 9.59. The Morgan fingerprint density at radius 3 is 2.43 bits per heavy atom. The molecule has 2 aliphatic rings. The van der Waals surface area contributed by atoms with Crippen molar-refractivity contribution in [1.29, 1.82) is 0 Å². The summed E-state index contributed by atoms with van der Waals surface area (Å²) >= 11 is 0. The minimum absolute atomic E-state index is 0.635. The van der Waals surface area contributed by atoms with Gasteiger partial charge in [0.1, 0.15) is 5.82 Å². The van der Waals surface area contributed by atoms with Crippen molar-refractivity contribution in [3.8, 4) is 0 Å². The van der Waals surface area contributed by atoms with Crippen LogP contribution in [0.1, 0.15) is 32.3 Å². The number of aromatic nitrogens is 2. The van der Waals surface area contributed by atoms with Gasteiger partial charge in [-0.25, -0.2) is 4.98 Å². The van der Waals surface area contributed by atoms with Gasteiger partial charge in [0.05, 0.1) is 18.6 Å². The van der Waals surface area contributed by atoms with Crippen LogP contribution in [0.2, 0.25) is 0 Å². The molecule has 2 aliphatic heterocycles. The van der Waals surface area contributed by atoms with Crippen molar-refractivity contribution in [3.05, 3.63) is 11.8 Å². The highest BCUT2D eigenvalue weighted by Crippen LogP contribution is 2.33. The second-order valence-corrected chi connectivity index (χ2v) is 6.63. The van der Waals surface area contributed by atoms with Gasteiger partial charge in [0.15, 0.2) is 0 Å². The van der Waals surface area contributed by atoms with Gasteiger partial charge in [-0.15, -0.1) is 0 Å². The third-order valence-corrected chi connectivity index (χ3v) is 4.66. The van der Waals surface area contributed by atoms with Gasteiger partial charge in [-0.3, -0.25) is 4.79 Å². The maximum absolute atomic E-state index is 11.7. The number of anilines is 2. The summed E-state index contributed by atoms with van der Waals surface area (Å²) in [4.78, 5) is 25.2. The molecule has 0 spiro atoms. The van der Waals surface area contributed by atoms with Crippen LogP contribution in [-0.4, -0.2) is 60.4 Å². The van der Waals surface area contributed by atoms with Crippen LogP contribution >= 0.6 is 0 Å². The summed E-state index contributed by atoms with van der Waals surface area (Å²) in [5.41, 5.74) is -0.369. The molecular formula is C16H24N4O3. The van der Waals surface area contributed by atoms with Crippen LogP contribution in [0.3, 0.4) is 0 Å². The maximum Gasteiger partial charge on any atom is 0.313 e. The average molecular weight is 320 g/mol. The molecule has 2 saturated heterocycles. The lowest BCUT2D eigenvalue weighted by Crippen LogP contribution is -2.40. The summed E-state index contributed by atoms with van der Waals surface area (Å²) in [7, 11) is 0. The fourth-order valence-electron chi connectivity index (χ4n) is 3.01. The largest absolute Gasteiger partial charge is 0.481 e. The number of morpholine rings is 1. The number of hydrogen-bond donors (Lipinski definition) is 1. The first-order valence-corrected chi connectivity index (χ1v) is 8.18. The van der Waals surface area contributed by atoms with E-state index in [1.807, 2.05) is 0 Å². The van der Waals surface area contributed by atoms with Crippen molar-refractivity contribution in [3.63, 3.8) is 0 Å². The number of aliphatic carboxylic acids is 1. The van der Waals surface area contributed by atoms with Gasteiger partial charge in [0.2, 0.25) is 5.95 Å². The van der Waals surface area contributed by atoms with E-state index < -0.39 is 11.4 Å². The number of ether oxygens (including phenoxy) is 1. The quantitative estimate of drug-likeness (QED) is 0.895. The van der Waals surface area contributed by atoms with E-state index in [0.717, 1.165) is 44.8 Å². The summed E-state index contributed by atoms with van der Waals surface area (Å²) in [6.45, 7) is 8.04. The summed E-state index contributed by atoms with van der Waals surface area (Å²) in [5.74, 6) is 0.566. The predicted molar refractivity (Wildman–Crippen MR) is 87.2 cm³/mol. The Balaban J connectivity index is 2.01. The molecule has 0 unspecified atom stereocenters. The molecule has 1 N–H and O–H groups in total. The van der Waals surface area contributed by atoms with E-state index in [2.05, 4.69) is 14.8 Å². The van der Waals surface area contributed by atoms with Crippen LogP contribution in [0.4, 0.5) is 11.8 Å². The fraction of sp³-hybridized carbons (Fsp3) is 0.688. The molecule has 7 heteroatoms. The van der Waals surface area contributed by atoms with Gasteiger partial charge in [-0.2, -0.15) is 4.98 Å². The first-order chi connectivity index (χ1) is 11.0. The highest BCUT2D eigenvalue weighted by molar-refractivity contribution is 5.82. The van der Waals surface area contributed by atoms with Gasteiger partial charge in [-0.05, 0) is 26.7 Å². The molecule has 0 bridgehead atoms. The van der Waals surface area contributed by atoms with Crippen molar-refractivity contribution >= 4 is 17.7 Å². The molecular weight excluding hydrogens is 296 g/mol. The Kier molecular flexibility index (Phi) is 4.39. The lowest BCUT2D eigenvalue weighted by molar-refractivity contribution is -0.142. The van der Waals surface area contributed by atoms with Crippen molar-refractivity contribution in [2.75, 3.05) is 49.2 Å². The zero-order valence-corrected chi connectivity index (χ0v) is 13.8. The number of rotatable bonds is 4. The molecule has 1 aromatic heterocycles. The summed E-state index contributed by atoms with van der Waals surface area (Å²) < 4.78 is 5.41. The summed E-state index contributed by atoms with van der Waals surface area (Å²) in [6.07, 6.45) is 4.00. The van der Waals surface area contributed by atoms with E-state index >= 15 is 0 Å². The van der Waals surface area contributed by atoms with E-state index in [-0.39, 0.29) is 0 Å². The Bertz CT molecular complexity index is 579. The van der Waals surface area contributed by atoms with Crippen LogP contribution in [0, 0.1) is 0 Å². The lowest BCUT2D eigenvalue weighted by Gasteiger charge is -2.33. The zero-order valence-electron chi connectivity index (χ0n) is 13.8. The smallest absolute Gasteiger partial charge is 0.313 e. The van der Waals surface area contributed by atoms with Gasteiger partial charge in [0.25, 0.3) is 0 Å². The third-order valence-electron chi connectivity index (χ3n) is 4.66. The average Bonchev–Trinajstić information content (AvgIpc) is 3.09. The standard InChI is InChI=1S/C16H24N4O3/c1-16(2,14(21)22)12-11-17-15(20-5-3-4-6-20)18-13(12)19-7-9-23-10-8-19/h11H,3-10H2,1-2H3,(H,21,22). The molecule has 0 atom stereocenters. The number of carboxylic acid groups (broad SMARTS) is 1. The number of carboxylic acids is 1. The third kappa shape index (κ3) is 3.10. The van der Waals surface area contributed by atoms with Crippen molar-refractivity contribution in [2.24, 2.45) is 0 Å². The SMILES string of the molecule is CC(C)(C(=O)O)c1cnc(N2CCCC2)nc1N1CCOCC1. The molecule has 3 heterocycles. The van der Waals surface area contributed by atoms with Crippen molar-refractivity contribution in [2.45, 2.75) is 32.1 Å². The second kappa shape index (κ2) is 6.31. The first kappa shape index (κ1) is 16.0. The Morgan fingerprint density at radius 2 is 1.83 bits per heavy atom. The van der Waals surface area contributed by atoms with Crippen LogP contribution < -0.4 is 9.80 Å². The highest BCUT2D eigenvalue weighted by Gasteiger charge is 2.35. The minimum atomic E-state index is -1.03. The molecule has 0 radical (unpaired) electrons. The topological polar surface area (TPSA) is 78.8 Å². The molecule has 0 saturated carbocycles. The minimum Gasteiger partial charge on any atom is -0.481 e. The monoisotopic (exact) mass is 320 g/mol. The molecule has 7 nitrogen and oxygen atoms in total. The second-order valence-electron chi connectivity index (χ2n) is 6.63. The van der Waals surface area contributed by atoms with Crippen molar-refractivity contribution in [1.82, 2.24) is 9.97 Å². The molecule has 23 heavy (non-hydrogen) atoms. The molecule has 126 valence electrons. The normalized spacial score (nSPS) is 19.2. The Labute approximate surface area is 136 Å². The molecule has 0 aliphatic carbocycles. The summed E-state index contributed by atoms with van der Waals surface area (Å²) in [6, 6.07) is 0. The molecule has 0 amide bonds. The highest BCUT2D eigenvalue weighted by atomic mass is 16.5. The Hall–Kier alpha value is -1.89. The molecule has 1 aromatic rings. The van der Waals surface area contributed by atoms with Gasteiger partial charge >= 0.3 is 5.97 Å². The van der Waals surface area contributed by atoms with E-state index in [4.69, 9.17) is 9.72 Å². The number of nitrogens with zero attached hydrogens (tertiary/aromatic N) is 4. The Morgan fingerprint density at radius 1 is 1.17 bits per heavy atom. The lowest BCUT2D eigenvalue weighted by atomic mass is 9.85. The van der Waals surface area contributed by atoms with E-state index in [9.17, 15) is 9.90 Å². The molecule has 3 rings (SSSR count). The maximum atomic E-state index is 11.7. The van der Waals surface area contributed by atoms with E-state index in [1.165, 1.54) is 0 Å². The van der Waals surface area contributed by atoms with Gasteiger partial charge in [-0.1, -0.05) is 0 Å². The van der Waals surface area contributed by atoms with Crippen LogP contribution in [0.5, 0.6) is 0 Å². The molecule has 2 fully saturated rings. The molecule has 0 aromatic carbocycles.